The molecule has 0 saturated carbocycles. The highest BCUT2D eigenvalue weighted by molar-refractivity contribution is 5.79. The van der Waals surface area contributed by atoms with E-state index in [1.54, 1.807) is 16.7 Å². The Morgan fingerprint density at radius 3 is 2.18 bits per heavy atom. The zero-order valence-electron chi connectivity index (χ0n) is 9.93. The molecule has 2 amide bonds. The van der Waals surface area contributed by atoms with Gasteiger partial charge >= 0.3 is 12.0 Å². The third-order valence-corrected chi connectivity index (χ3v) is 3.61. The number of nitrogens with zero attached hydrogens (tertiary/aromatic N) is 2. The molecule has 0 aromatic rings. The van der Waals surface area contributed by atoms with E-state index in [-0.39, 0.29) is 6.03 Å². The summed E-state index contributed by atoms with van der Waals surface area (Å²) in [5.74, 6) is -1.25. The molecule has 96 valence electrons. The predicted molar refractivity (Wildman–Crippen MR) is 59.5 cm³/mol. The van der Waals surface area contributed by atoms with Gasteiger partial charge in [-0.05, 0) is 19.8 Å². The molecular formula is C11H18N2O4. The average molecular weight is 242 g/mol. The lowest BCUT2D eigenvalue weighted by molar-refractivity contribution is -0.146. The molecule has 0 aromatic heterocycles. The van der Waals surface area contributed by atoms with Crippen LogP contribution in [-0.2, 0) is 4.79 Å². The molecule has 6 heteroatoms. The van der Waals surface area contributed by atoms with Gasteiger partial charge in [-0.25, -0.2) is 4.79 Å². The fraction of sp³-hybridized carbons (Fsp3) is 0.818. The van der Waals surface area contributed by atoms with Crippen LogP contribution in [0.2, 0.25) is 0 Å². The molecule has 0 spiro atoms. The lowest BCUT2D eigenvalue weighted by Crippen LogP contribution is -2.58. The van der Waals surface area contributed by atoms with Gasteiger partial charge in [0.25, 0.3) is 0 Å². The van der Waals surface area contributed by atoms with Crippen molar-refractivity contribution in [2.45, 2.75) is 25.4 Å². The van der Waals surface area contributed by atoms with Crippen molar-refractivity contribution < 1.29 is 19.8 Å². The van der Waals surface area contributed by atoms with Gasteiger partial charge in [0.1, 0.15) is 0 Å². The standard InChI is InChI=1S/C11H18N2O4/c1-11(17)2-4-12(5-3-11)10(16)13-6-8(7-13)9(14)15/h8,17H,2-7H2,1H3,(H,14,15). The fourth-order valence-electron chi connectivity index (χ4n) is 2.17. The molecule has 17 heavy (non-hydrogen) atoms. The van der Waals surface area contributed by atoms with E-state index >= 15 is 0 Å². The first-order chi connectivity index (χ1) is 7.89. The smallest absolute Gasteiger partial charge is 0.320 e. The zero-order valence-corrected chi connectivity index (χ0v) is 9.93. The summed E-state index contributed by atoms with van der Waals surface area (Å²) in [7, 11) is 0. The van der Waals surface area contributed by atoms with E-state index in [9.17, 15) is 14.7 Å². The minimum absolute atomic E-state index is 0.0991. The summed E-state index contributed by atoms with van der Waals surface area (Å²) in [4.78, 5) is 25.8. The van der Waals surface area contributed by atoms with Crippen LogP contribution < -0.4 is 0 Å². The summed E-state index contributed by atoms with van der Waals surface area (Å²) in [6.45, 7) is 3.47. The third kappa shape index (κ3) is 2.52. The second-order valence-electron chi connectivity index (χ2n) is 5.21. The van der Waals surface area contributed by atoms with Crippen molar-refractivity contribution in [3.8, 4) is 0 Å². The molecule has 0 atom stereocenters. The van der Waals surface area contributed by atoms with E-state index in [4.69, 9.17) is 5.11 Å². The Morgan fingerprint density at radius 2 is 1.71 bits per heavy atom. The number of likely N-dealkylation sites (tertiary alicyclic amines) is 2. The zero-order chi connectivity index (χ0) is 12.6. The van der Waals surface area contributed by atoms with Crippen molar-refractivity contribution in [2.75, 3.05) is 26.2 Å². The summed E-state index contributed by atoms with van der Waals surface area (Å²) in [5.41, 5.74) is -0.671. The Balaban J connectivity index is 1.81. The van der Waals surface area contributed by atoms with Gasteiger partial charge in [0.05, 0.1) is 11.5 Å². The number of rotatable bonds is 1. The van der Waals surface area contributed by atoms with Crippen LogP contribution in [0, 0.1) is 5.92 Å². The normalized spacial score (nSPS) is 24.4. The number of hydrogen-bond donors (Lipinski definition) is 2. The van der Waals surface area contributed by atoms with E-state index in [1.165, 1.54) is 0 Å². The first kappa shape index (κ1) is 12.2. The lowest BCUT2D eigenvalue weighted by Gasteiger charge is -2.43. The Hall–Kier alpha value is -1.30. The Bertz CT molecular complexity index is 326. The number of hydrogen-bond acceptors (Lipinski definition) is 3. The number of carboxylic acids is 1. The van der Waals surface area contributed by atoms with Crippen LogP contribution in [0.15, 0.2) is 0 Å². The van der Waals surface area contributed by atoms with Crippen molar-refractivity contribution in [3.63, 3.8) is 0 Å². The summed E-state index contributed by atoms with van der Waals surface area (Å²) in [6, 6.07) is -0.0991. The first-order valence-corrected chi connectivity index (χ1v) is 5.88. The molecule has 0 unspecified atom stereocenters. The molecule has 0 aromatic carbocycles. The van der Waals surface area contributed by atoms with Crippen LogP contribution in [0.1, 0.15) is 19.8 Å². The molecule has 2 aliphatic heterocycles. The Labute approximate surface area is 99.8 Å². The van der Waals surface area contributed by atoms with Crippen LogP contribution >= 0.6 is 0 Å². The molecule has 0 bridgehead atoms. The van der Waals surface area contributed by atoms with Crippen LogP contribution in [-0.4, -0.2) is 63.8 Å². The van der Waals surface area contributed by atoms with E-state index in [0.717, 1.165) is 0 Å². The minimum atomic E-state index is -0.837. The molecule has 2 fully saturated rings. The maximum atomic E-state index is 11.9. The average Bonchev–Trinajstić information content (AvgIpc) is 2.14. The maximum Gasteiger partial charge on any atom is 0.320 e. The van der Waals surface area contributed by atoms with Crippen LogP contribution in [0.25, 0.3) is 0 Å². The van der Waals surface area contributed by atoms with Gasteiger partial charge in [-0.3, -0.25) is 4.79 Å². The minimum Gasteiger partial charge on any atom is -0.481 e. The van der Waals surface area contributed by atoms with E-state index in [1.807, 2.05) is 0 Å². The van der Waals surface area contributed by atoms with Crippen LogP contribution in [0.4, 0.5) is 4.79 Å². The highest BCUT2D eigenvalue weighted by atomic mass is 16.4. The molecule has 2 rings (SSSR count). The Morgan fingerprint density at radius 1 is 1.18 bits per heavy atom. The second kappa shape index (κ2) is 4.18. The SMILES string of the molecule is CC1(O)CCN(C(=O)N2CC(C(=O)O)C2)CC1. The molecule has 2 N–H and O–H groups in total. The number of carboxylic acid groups (broad SMARTS) is 1. The van der Waals surface area contributed by atoms with Gasteiger partial charge in [0.2, 0.25) is 0 Å². The number of carbonyl (C=O) groups is 2. The van der Waals surface area contributed by atoms with Gasteiger partial charge in [0, 0.05) is 26.2 Å². The molecular weight excluding hydrogens is 224 g/mol. The van der Waals surface area contributed by atoms with Gasteiger partial charge in [-0.15, -0.1) is 0 Å². The molecule has 6 nitrogen and oxygen atoms in total. The fourth-order valence-corrected chi connectivity index (χ4v) is 2.17. The molecule has 0 radical (unpaired) electrons. The molecule has 2 heterocycles. The van der Waals surface area contributed by atoms with E-state index in [2.05, 4.69) is 0 Å². The maximum absolute atomic E-state index is 11.9. The third-order valence-electron chi connectivity index (χ3n) is 3.61. The van der Waals surface area contributed by atoms with Gasteiger partial charge < -0.3 is 20.0 Å². The van der Waals surface area contributed by atoms with Crippen molar-refractivity contribution in [1.82, 2.24) is 9.80 Å². The second-order valence-corrected chi connectivity index (χ2v) is 5.21. The van der Waals surface area contributed by atoms with Crippen molar-refractivity contribution in [2.24, 2.45) is 5.92 Å². The topological polar surface area (TPSA) is 81.1 Å². The number of piperidine rings is 1. The summed E-state index contributed by atoms with van der Waals surface area (Å²) in [5, 5.41) is 18.5. The summed E-state index contributed by atoms with van der Waals surface area (Å²) >= 11 is 0. The number of urea groups is 1. The largest absolute Gasteiger partial charge is 0.481 e. The van der Waals surface area contributed by atoms with Crippen molar-refractivity contribution in [1.29, 1.82) is 0 Å². The number of amides is 2. The van der Waals surface area contributed by atoms with Gasteiger partial charge in [-0.2, -0.15) is 0 Å². The summed E-state index contributed by atoms with van der Waals surface area (Å²) < 4.78 is 0. The number of aliphatic carboxylic acids is 1. The van der Waals surface area contributed by atoms with Gasteiger partial charge in [-0.1, -0.05) is 0 Å². The van der Waals surface area contributed by atoms with E-state index in [0.29, 0.717) is 39.0 Å². The molecule has 2 aliphatic rings. The molecule has 2 saturated heterocycles. The van der Waals surface area contributed by atoms with Crippen molar-refractivity contribution in [3.05, 3.63) is 0 Å². The summed E-state index contributed by atoms with van der Waals surface area (Å²) in [6.07, 6.45) is 1.16. The van der Waals surface area contributed by atoms with E-state index < -0.39 is 17.5 Å². The van der Waals surface area contributed by atoms with Crippen LogP contribution in [0.3, 0.4) is 0 Å². The molecule has 0 aliphatic carbocycles. The van der Waals surface area contributed by atoms with Gasteiger partial charge in [0.15, 0.2) is 0 Å². The number of carbonyl (C=O) groups excluding carboxylic acids is 1. The lowest BCUT2D eigenvalue weighted by atomic mass is 9.94. The Kier molecular flexibility index (Phi) is 2.99. The number of aliphatic hydroxyl groups is 1. The van der Waals surface area contributed by atoms with Crippen molar-refractivity contribution >= 4 is 12.0 Å². The van der Waals surface area contributed by atoms with Crippen LogP contribution in [0.5, 0.6) is 0 Å². The highest BCUT2D eigenvalue weighted by Crippen LogP contribution is 2.24. The quantitative estimate of drug-likeness (QED) is 0.676. The monoisotopic (exact) mass is 242 g/mol. The highest BCUT2D eigenvalue weighted by Gasteiger charge is 2.39. The first-order valence-electron chi connectivity index (χ1n) is 5.88. The predicted octanol–water partition coefficient (Wildman–Crippen LogP) is -0.0304.